The summed E-state index contributed by atoms with van der Waals surface area (Å²) >= 11 is 12.3. The van der Waals surface area contributed by atoms with Crippen LogP contribution in [0.3, 0.4) is 0 Å². The van der Waals surface area contributed by atoms with Gasteiger partial charge in [0.25, 0.3) is 0 Å². The summed E-state index contributed by atoms with van der Waals surface area (Å²) in [6, 6.07) is 13.0. The minimum Gasteiger partial charge on any atom is -0.461 e. The zero-order chi connectivity index (χ0) is 16.6. The van der Waals surface area contributed by atoms with Crippen molar-refractivity contribution in [1.82, 2.24) is 4.57 Å². The monoisotopic (exact) mass is 347 g/mol. The summed E-state index contributed by atoms with van der Waals surface area (Å²) in [4.78, 5) is 12.5. The quantitative estimate of drug-likeness (QED) is 0.599. The summed E-state index contributed by atoms with van der Waals surface area (Å²) in [7, 11) is 1.84. The smallest absolute Gasteiger partial charge is 0.355 e. The van der Waals surface area contributed by atoms with Gasteiger partial charge in [0.15, 0.2) is 0 Å². The van der Waals surface area contributed by atoms with Crippen LogP contribution in [0, 0.1) is 0 Å². The van der Waals surface area contributed by atoms with Crippen LogP contribution in [-0.2, 0) is 11.8 Å². The van der Waals surface area contributed by atoms with E-state index in [2.05, 4.69) is 0 Å². The van der Waals surface area contributed by atoms with Gasteiger partial charge in [0, 0.05) is 33.6 Å². The van der Waals surface area contributed by atoms with Crippen LogP contribution < -0.4 is 0 Å². The number of aromatic nitrogens is 1. The molecular weight excluding hydrogens is 333 g/mol. The van der Waals surface area contributed by atoms with Crippen molar-refractivity contribution in [2.45, 2.75) is 6.92 Å². The maximum Gasteiger partial charge on any atom is 0.355 e. The van der Waals surface area contributed by atoms with E-state index in [4.69, 9.17) is 27.9 Å². The Labute approximate surface area is 144 Å². The van der Waals surface area contributed by atoms with Crippen LogP contribution in [0.25, 0.3) is 22.0 Å². The molecule has 0 unspecified atom stereocenters. The highest BCUT2D eigenvalue weighted by Gasteiger charge is 2.23. The van der Waals surface area contributed by atoms with E-state index in [0.717, 1.165) is 22.0 Å². The predicted octanol–water partition coefficient (Wildman–Crippen LogP) is 5.33. The van der Waals surface area contributed by atoms with Crippen molar-refractivity contribution >= 4 is 40.1 Å². The fourth-order valence-corrected chi connectivity index (χ4v) is 3.15. The number of carbonyl (C=O) groups excluding carboxylic acids is 1. The maximum atomic E-state index is 12.5. The lowest BCUT2D eigenvalue weighted by Crippen LogP contribution is -2.11. The molecule has 0 saturated heterocycles. The molecule has 2 aromatic carbocycles. The van der Waals surface area contributed by atoms with Gasteiger partial charge < -0.3 is 9.30 Å². The van der Waals surface area contributed by atoms with Gasteiger partial charge in [0.05, 0.1) is 6.61 Å². The molecular formula is C18H15Cl2NO2. The second kappa shape index (κ2) is 6.26. The molecule has 0 atom stereocenters. The molecule has 1 heterocycles. The Hall–Kier alpha value is -1.97. The van der Waals surface area contributed by atoms with Crippen LogP contribution >= 0.6 is 23.2 Å². The number of nitrogens with zero attached hydrogens (tertiary/aromatic N) is 1. The van der Waals surface area contributed by atoms with Gasteiger partial charge >= 0.3 is 5.97 Å². The molecule has 0 bridgehead atoms. The number of halogens is 2. The van der Waals surface area contributed by atoms with Crippen molar-refractivity contribution in [3.63, 3.8) is 0 Å². The van der Waals surface area contributed by atoms with Crippen molar-refractivity contribution in [2.24, 2.45) is 7.05 Å². The summed E-state index contributed by atoms with van der Waals surface area (Å²) < 4.78 is 7.07. The van der Waals surface area contributed by atoms with Crippen molar-refractivity contribution in [1.29, 1.82) is 0 Å². The first-order chi connectivity index (χ1) is 11.0. The molecule has 1 aromatic heterocycles. The lowest BCUT2D eigenvalue weighted by Gasteiger charge is -2.08. The molecule has 0 fully saturated rings. The first-order valence-corrected chi connectivity index (χ1v) is 7.99. The van der Waals surface area contributed by atoms with Crippen LogP contribution in [-0.4, -0.2) is 17.1 Å². The molecule has 3 rings (SSSR count). The Morgan fingerprint density at radius 1 is 1.13 bits per heavy atom. The third-order valence-electron chi connectivity index (χ3n) is 3.74. The van der Waals surface area contributed by atoms with Crippen LogP contribution in [0.1, 0.15) is 17.4 Å². The van der Waals surface area contributed by atoms with E-state index in [0.29, 0.717) is 22.3 Å². The zero-order valence-corrected chi connectivity index (χ0v) is 14.3. The number of esters is 1. The number of aryl methyl sites for hydroxylation is 1. The summed E-state index contributed by atoms with van der Waals surface area (Å²) in [5.74, 6) is -0.364. The lowest BCUT2D eigenvalue weighted by atomic mass is 10.0. The van der Waals surface area contributed by atoms with E-state index in [-0.39, 0.29) is 5.97 Å². The second-order valence-corrected chi connectivity index (χ2v) is 6.05. The van der Waals surface area contributed by atoms with Gasteiger partial charge in [-0.2, -0.15) is 0 Å². The third-order valence-corrected chi connectivity index (χ3v) is 4.21. The molecule has 0 saturated carbocycles. The summed E-state index contributed by atoms with van der Waals surface area (Å²) in [5.41, 5.74) is 3.04. The molecule has 0 aliphatic carbocycles. The molecule has 0 radical (unpaired) electrons. The van der Waals surface area contributed by atoms with Gasteiger partial charge in [-0.05, 0) is 42.8 Å². The van der Waals surface area contributed by atoms with Gasteiger partial charge in [-0.3, -0.25) is 0 Å². The first kappa shape index (κ1) is 15.9. The highest BCUT2D eigenvalue weighted by Crippen LogP contribution is 2.37. The lowest BCUT2D eigenvalue weighted by molar-refractivity contribution is 0.0517. The van der Waals surface area contributed by atoms with E-state index >= 15 is 0 Å². The molecule has 118 valence electrons. The summed E-state index contributed by atoms with van der Waals surface area (Å²) in [6.07, 6.45) is 0. The SMILES string of the molecule is CCOC(=O)c1c(-c2cccc(Cl)c2)c2cc(Cl)ccc2n1C. The molecule has 0 aliphatic rings. The van der Waals surface area contributed by atoms with Crippen molar-refractivity contribution in [3.8, 4) is 11.1 Å². The topological polar surface area (TPSA) is 31.2 Å². The van der Waals surface area contributed by atoms with Gasteiger partial charge in [-0.25, -0.2) is 4.79 Å². The minimum absolute atomic E-state index is 0.316. The first-order valence-electron chi connectivity index (χ1n) is 7.24. The molecule has 0 aliphatic heterocycles. The van der Waals surface area contributed by atoms with E-state index in [1.54, 1.807) is 19.1 Å². The highest BCUT2D eigenvalue weighted by atomic mass is 35.5. The van der Waals surface area contributed by atoms with Crippen LogP contribution in [0.5, 0.6) is 0 Å². The van der Waals surface area contributed by atoms with Crippen LogP contribution in [0.2, 0.25) is 10.0 Å². The zero-order valence-electron chi connectivity index (χ0n) is 12.8. The molecule has 5 heteroatoms. The molecule has 3 nitrogen and oxygen atoms in total. The Bertz CT molecular complexity index is 899. The van der Waals surface area contributed by atoms with Gasteiger partial charge in [-0.1, -0.05) is 35.3 Å². The maximum absolute atomic E-state index is 12.5. The highest BCUT2D eigenvalue weighted by molar-refractivity contribution is 6.32. The van der Waals surface area contributed by atoms with Gasteiger partial charge in [-0.15, -0.1) is 0 Å². The molecule has 0 N–H and O–H groups in total. The Balaban J connectivity index is 2.38. The fraction of sp³-hybridized carbons (Fsp3) is 0.167. The number of benzene rings is 2. The number of hydrogen-bond donors (Lipinski definition) is 0. The van der Waals surface area contributed by atoms with Crippen molar-refractivity contribution in [2.75, 3.05) is 6.61 Å². The van der Waals surface area contributed by atoms with E-state index in [9.17, 15) is 4.79 Å². The van der Waals surface area contributed by atoms with Crippen LogP contribution in [0.4, 0.5) is 0 Å². The molecule has 23 heavy (non-hydrogen) atoms. The fourth-order valence-electron chi connectivity index (χ4n) is 2.79. The van der Waals surface area contributed by atoms with E-state index in [1.807, 2.05) is 41.9 Å². The standard InChI is InChI=1S/C18H15Cl2NO2/c1-3-23-18(22)17-16(11-5-4-6-12(19)9-11)14-10-13(20)7-8-15(14)21(17)2/h4-10H,3H2,1-2H3. The summed E-state index contributed by atoms with van der Waals surface area (Å²) in [6.45, 7) is 2.10. The molecule has 0 amide bonds. The number of ether oxygens (including phenoxy) is 1. The number of fused-ring (bicyclic) bond motifs is 1. The van der Waals surface area contributed by atoms with Crippen LogP contribution in [0.15, 0.2) is 42.5 Å². The summed E-state index contributed by atoms with van der Waals surface area (Å²) in [5, 5.41) is 2.11. The molecule has 0 spiro atoms. The average molecular weight is 348 g/mol. The minimum atomic E-state index is -0.364. The Morgan fingerprint density at radius 2 is 1.87 bits per heavy atom. The number of hydrogen-bond acceptors (Lipinski definition) is 2. The number of carbonyl (C=O) groups is 1. The Morgan fingerprint density at radius 3 is 2.57 bits per heavy atom. The van der Waals surface area contributed by atoms with E-state index < -0.39 is 0 Å². The van der Waals surface area contributed by atoms with Crippen molar-refractivity contribution < 1.29 is 9.53 Å². The largest absolute Gasteiger partial charge is 0.461 e. The predicted molar refractivity (Wildman–Crippen MR) is 94.3 cm³/mol. The Kier molecular flexibility index (Phi) is 4.33. The molecule has 3 aromatic rings. The van der Waals surface area contributed by atoms with Crippen molar-refractivity contribution in [3.05, 3.63) is 58.2 Å². The number of rotatable bonds is 3. The van der Waals surface area contributed by atoms with Gasteiger partial charge in [0.2, 0.25) is 0 Å². The third kappa shape index (κ3) is 2.82. The van der Waals surface area contributed by atoms with Gasteiger partial charge in [0.1, 0.15) is 5.69 Å². The normalized spacial score (nSPS) is 11.0. The van der Waals surface area contributed by atoms with E-state index in [1.165, 1.54) is 0 Å². The average Bonchev–Trinajstić information content (AvgIpc) is 2.80. The second-order valence-electron chi connectivity index (χ2n) is 5.17.